The number of sulfonamides is 1. The first-order valence-electron chi connectivity index (χ1n) is 10.8. The van der Waals surface area contributed by atoms with Crippen molar-refractivity contribution in [3.8, 4) is 5.75 Å². The Hall–Kier alpha value is -4.18. The largest absolute Gasteiger partial charge is 0.497 e. The molecule has 0 fully saturated rings. The molecule has 0 atom stereocenters. The molecule has 0 saturated heterocycles. The Morgan fingerprint density at radius 1 is 1.03 bits per heavy atom. The number of amides is 1. The molecule has 0 radical (unpaired) electrons. The Kier molecular flexibility index (Phi) is 7.11. The average Bonchev–Trinajstić information content (AvgIpc) is 3.37. The summed E-state index contributed by atoms with van der Waals surface area (Å²) in [7, 11) is -2.36. The minimum atomic E-state index is -3.90. The first kappa shape index (κ1) is 24.0. The van der Waals surface area contributed by atoms with E-state index >= 15 is 0 Å². The summed E-state index contributed by atoms with van der Waals surface area (Å²) < 4.78 is 35.2. The standard InChI is InChI=1S/C25H25N5O4S/c1-18-7-12-23(35(32,33)29-21-8-10-22(34-2)11-9-21)13-24(18)25(31)27-14-19-5-3-4-6-20(19)15-30-17-26-16-28-30/h3-13,16-17,29H,14-15H2,1-2H3,(H,27,31). The summed E-state index contributed by atoms with van der Waals surface area (Å²) in [6, 6.07) is 18.7. The molecule has 0 unspecified atom stereocenters. The molecule has 2 N–H and O–H groups in total. The molecule has 3 aromatic carbocycles. The number of aryl methyl sites for hydroxylation is 1. The molecule has 4 rings (SSSR count). The number of nitrogens with one attached hydrogen (secondary N) is 2. The maximum Gasteiger partial charge on any atom is 0.261 e. The van der Waals surface area contributed by atoms with E-state index in [-0.39, 0.29) is 22.9 Å². The second-order valence-electron chi connectivity index (χ2n) is 7.86. The van der Waals surface area contributed by atoms with Crippen molar-refractivity contribution >= 4 is 21.6 Å². The molecular weight excluding hydrogens is 466 g/mol. The zero-order valence-corrected chi connectivity index (χ0v) is 20.1. The second-order valence-corrected chi connectivity index (χ2v) is 9.54. The maximum absolute atomic E-state index is 13.0. The summed E-state index contributed by atoms with van der Waals surface area (Å²) in [6.45, 7) is 2.57. The van der Waals surface area contributed by atoms with E-state index in [1.165, 1.54) is 25.6 Å². The number of carbonyl (C=O) groups is 1. The molecule has 35 heavy (non-hydrogen) atoms. The number of hydrogen-bond donors (Lipinski definition) is 2. The van der Waals surface area contributed by atoms with Crippen molar-refractivity contribution in [1.29, 1.82) is 0 Å². The number of anilines is 1. The number of hydrogen-bond acceptors (Lipinski definition) is 6. The van der Waals surface area contributed by atoms with E-state index in [0.717, 1.165) is 11.1 Å². The highest BCUT2D eigenvalue weighted by Crippen LogP contribution is 2.21. The molecule has 10 heteroatoms. The Morgan fingerprint density at radius 3 is 2.46 bits per heavy atom. The van der Waals surface area contributed by atoms with E-state index in [0.29, 0.717) is 23.5 Å². The molecule has 0 bridgehead atoms. The van der Waals surface area contributed by atoms with Crippen LogP contribution in [0.25, 0.3) is 0 Å². The smallest absolute Gasteiger partial charge is 0.261 e. The molecule has 4 aromatic rings. The van der Waals surface area contributed by atoms with E-state index in [2.05, 4.69) is 20.1 Å². The van der Waals surface area contributed by atoms with Crippen LogP contribution in [0.3, 0.4) is 0 Å². The van der Waals surface area contributed by atoms with Crippen molar-refractivity contribution in [3.05, 3.63) is 102 Å². The fourth-order valence-electron chi connectivity index (χ4n) is 3.53. The summed E-state index contributed by atoms with van der Waals surface area (Å²) in [6.07, 6.45) is 3.10. The third kappa shape index (κ3) is 5.85. The van der Waals surface area contributed by atoms with Gasteiger partial charge in [0, 0.05) is 17.8 Å². The van der Waals surface area contributed by atoms with Crippen molar-refractivity contribution in [2.24, 2.45) is 0 Å². The lowest BCUT2D eigenvalue weighted by molar-refractivity contribution is 0.0950. The lowest BCUT2D eigenvalue weighted by Gasteiger charge is -2.13. The number of methoxy groups -OCH3 is 1. The minimum Gasteiger partial charge on any atom is -0.497 e. The molecule has 0 aliphatic rings. The summed E-state index contributed by atoms with van der Waals surface area (Å²) in [5.41, 5.74) is 3.27. The Bertz CT molecular complexity index is 1420. The molecule has 1 amide bonds. The highest BCUT2D eigenvalue weighted by Gasteiger charge is 2.19. The van der Waals surface area contributed by atoms with Gasteiger partial charge in [0.1, 0.15) is 18.4 Å². The number of nitrogens with zero attached hydrogens (tertiary/aromatic N) is 3. The fraction of sp³-hybridized carbons (Fsp3) is 0.160. The predicted molar refractivity (Wildman–Crippen MR) is 132 cm³/mol. The van der Waals surface area contributed by atoms with Gasteiger partial charge in [-0.05, 0) is 60.0 Å². The predicted octanol–water partition coefficient (Wildman–Crippen LogP) is 3.37. The average molecular weight is 492 g/mol. The topological polar surface area (TPSA) is 115 Å². The van der Waals surface area contributed by atoms with E-state index in [1.54, 1.807) is 48.3 Å². The third-order valence-corrected chi connectivity index (χ3v) is 6.84. The molecule has 180 valence electrons. The van der Waals surface area contributed by atoms with Gasteiger partial charge in [-0.3, -0.25) is 9.52 Å². The van der Waals surface area contributed by atoms with Crippen LogP contribution < -0.4 is 14.8 Å². The van der Waals surface area contributed by atoms with Crippen molar-refractivity contribution < 1.29 is 17.9 Å². The number of aromatic nitrogens is 3. The highest BCUT2D eigenvalue weighted by molar-refractivity contribution is 7.92. The fourth-order valence-corrected chi connectivity index (χ4v) is 4.61. The van der Waals surface area contributed by atoms with Crippen molar-refractivity contribution in [1.82, 2.24) is 20.1 Å². The maximum atomic E-state index is 13.0. The monoisotopic (exact) mass is 491 g/mol. The quantitative estimate of drug-likeness (QED) is 0.371. The summed E-state index contributed by atoms with van der Waals surface area (Å²) >= 11 is 0. The Morgan fingerprint density at radius 2 is 1.77 bits per heavy atom. The van der Waals surface area contributed by atoms with Gasteiger partial charge in [0.15, 0.2) is 0 Å². The van der Waals surface area contributed by atoms with Crippen LogP contribution in [0.1, 0.15) is 27.0 Å². The summed E-state index contributed by atoms with van der Waals surface area (Å²) in [4.78, 5) is 17.0. The summed E-state index contributed by atoms with van der Waals surface area (Å²) in [5.74, 6) is 0.254. The molecule has 1 heterocycles. The van der Waals surface area contributed by atoms with Gasteiger partial charge >= 0.3 is 0 Å². The summed E-state index contributed by atoms with van der Waals surface area (Å²) in [5, 5.41) is 7.03. The van der Waals surface area contributed by atoms with Gasteiger partial charge in [0.05, 0.1) is 18.6 Å². The van der Waals surface area contributed by atoms with Crippen molar-refractivity contribution in [2.45, 2.75) is 24.9 Å². The number of rotatable bonds is 9. The Labute approximate surface area is 203 Å². The SMILES string of the molecule is COc1ccc(NS(=O)(=O)c2ccc(C)c(C(=O)NCc3ccccc3Cn3cncn3)c2)cc1. The lowest BCUT2D eigenvalue weighted by atomic mass is 10.1. The van der Waals surface area contributed by atoms with Crippen LogP contribution in [0.4, 0.5) is 5.69 Å². The van der Waals surface area contributed by atoms with Gasteiger partial charge in [-0.15, -0.1) is 0 Å². The van der Waals surface area contributed by atoms with E-state index in [4.69, 9.17) is 4.74 Å². The van der Waals surface area contributed by atoms with Gasteiger partial charge in [-0.2, -0.15) is 5.10 Å². The number of carbonyl (C=O) groups excluding carboxylic acids is 1. The van der Waals surface area contributed by atoms with E-state index in [9.17, 15) is 13.2 Å². The first-order valence-corrected chi connectivity index (χ1v) is 12.3. The minimum absolute atomic E-state index is 0.00403. The van der Waals surface area contributed by atoms with Crippen LogP contribution in [-0.4, -0.2) is 36.2 Å². The van der Waals surface area contributed by atoms with E-state index in [1.807, 2.05) is 24.3 Å². The van der Waals surface area contributed by atoms with Crippen LogP contribution in [0.5, 0.6) is 5.75 Å². The molecule has 0 aliphatic carbocycles. The van der Waals surface area contributed by atoms with Gasteiger partial charge in [0.25, 0.3) is 15.9 Å². The van der Waals surface area contributed by atoms with Crippen molar-refractivity contribution in [3.63, 3.8) is 0 Å². The molecule has 9 nitrogen and oxygen atoms in total. The molecular formula is C25H25N5O4S. The van der Waals surface area contributed by atoms with E-state index < -0.39 is 10.0 Å². The number of benzene rings is 3. The first-order chi connectivity index (χ1) is 16.9. The molecule has 0 spiro atoms. The van der Waals surface area contributed by atoms with Crippen LogP contribution in [0.2, 0.25) is 0 Å². The molecule has 0 aliphatic heterocycles. The van der Waals surface area contributed by atoms with Gasteiger partial charge in [0.2, 0.25) is 0 Å². The lowest BCUT2D eigenvalue weighted by Crippen LogP contribution is -2.25. The normalized spacial score (nSPS) is 11.1. The van der Waals surface area contributed by atoms with Gasteiger partial charge < -0.3 is 10.1 Å². The third-order valence-electron chi connectivity index (χ3n) is 5.46. The number of ether oxygens (including phenoxy) is 1. The Balaban J connectivity index is 1.49. The van der Waals surface area contributed by atoms with Crippen LogP contribution in [0, 0.1) is 6.92 Å². The van der Waals surface area contributed by atoms with Crippen LogP contribution in [0.15, 0.2) is 84.3 Å². The zero-order chi connectivity index (χ0) is 24.8. The van der Waals surface area contributed by atoms with Crippen LogP contribution >= 0.6 is 0 Å². The second kappa shape index (κ2) is 10.4. The molecule has 1 aromatic heterocycles. The van der Waals surface area contributed by atoms with Gasteiger partial charge in [-0.25, -0.2) is 18.1 Å². The zero-order valence-electron chi connectivity index (χ0n) is 19.3. The van der Waals surface area contributed by atoms with Crippen LogP contribution in [-0.2, 0) is 23.1 Å². The van der Waals surface area contributed by atoms with Gasteiger partial charge in [-0.1, -0.05) is 30.3 Å². The van der Waals surface area contributed by atoms with Crippen molar-refractivity contribution in [2.75, 3.05) is 11.8 Å². The highest BCUT2D eigenvalue weighted by atomic mass is 32.2. The molecule has 0 saturated carbocycles.